The molecule has 0 aliphatic heterocycles. The Morgan fingerprint density at radius 1 is 1.35 bits per heavy atom. The standard InChI is InChI=1S/C15H19N3O3S2/c1-12-7-8-13(16-11-12)17-14(19)5-3-9-18(2)23(20,21)15-6-4-10-22-15/h4,6-8,10-11H,3,5,9H2,1-2H3,(H,16,17,19). The van der Waals surface area contributed by atoms with Crippen molar-refractivity contribution in [3.8, 4) is 0 Å². The van der Waals surface area contributed by atoms with Gasteiger partial charge in [0.05, 0.1) is 0 Å². The molecule has 124 valence electrons. The molecule has 1 amide bonds. The molecule has 2 aromatic heterocycles. The van der Waals surface area contributed by atoms with Crippen LogP contribution < -0.4 is 5.32 Å². The van der Waals surface area contributed by atoms with Gasteiger partial charge in [0, 0.05) is 26.2 Å². The number of hydrogen-bond donors (Lipinski definition) is 1. The number of nitrogens with zero attached hydrogens (tertiary/aromatic N) is 2. The number of carbonyl (C=O) groups excluding carboxylic acids is 1. The van der Waals surface area contributed by atoms with Crippen molar-refractivity contribution in [3.05, 3.63) is 41.4 Å². The molecule has 0 unspecified atom stereocenters. The maximum Gasteiger partial charge on any atom is 0.252 e. The zero-order valence-corrected chi connectivity index (χ0v) is 14.7. The summed E-state index contributed by atoms with van der Waals surface area (Å²) < 4.78 is 26.0. The van der Waals surface area contributed by atoms with Crippen LogP contribution in [0.1, 0.15) is 18.4 Å². The van der Waals surface area contributed by atoms with Crippen molar-refractivity contribution in [2.75, 3.05) is 18.9 Å². The van der Waals surface area contributed by atoms with Gasteiger partial charge >= 0.3 is 0 Å². The van der Waals surface area contributed by atoms with E-state index in [4.69, 9.17) is 0 Å². The monoisotopic (exact) mass is 353 g/mol. The predicted molar refractivity (Wildman–Crippen MR) is 91.0 cm³/mol. The fourth-order valence-corrected chi connectivity index (χ4v) is 4.30. The third-order valence-electron chi connectivity index (χ3n) is 3.22. The minimum Gasteiger partial charge on any atom is -0.311 e. The van der Waals surface area contributed by atoms with E-state index in [0.717, 1.165) is 5.56 Å². The summed E-state index contributed by atoms with van der Waals surface area (Å²) in [4.78, 5) is 15.9. The average molecular weight is 353 g/mol. The highest BCUT2D eigenvalue weighted by Crippen LogP contribution is 2.20. The number of anilines is 1. The Kier molecular flexibility index (Phi) is 5.86. The number of amides is 1. The van der Waals surface area contributed by atoms with E-state index in [9.17, 15) is 13.2 Å². The minimum atomic E-state index is -3.45. The van der Waals surface area contributed by atoms with Gasteiger partial charge in [0.1, 0.15) is 10.0 Å². The summed E-state index contributed by atoms with van der Waals surface area (Å²) in [5.74, 6) is 0.323. The summed E-state index contributed by atoms with van der Waals surface area (Å²) in [6.07, 6.45) is 2.36. The molecule has 0 atom stereocenters. The molecule has 0 bridgehead atoms. The van der Waals surface area contributed by atoms with Crippen LogP contribution >= 0.6 is 11.3 Å². The smallest absolute Gasteiger partial charge is 0.252 e. The molecule has 0 spiro atoms. The average Bonchev–Trinajstić information content (AvgIpc) is 3.04. The van der Waals surface area contributed by atoms with Gasteiger partial charge in [-0.2, -0.15) is 0 Å². The third-order valence-corrected chi connectivity index (χ3v) is 6.45. The lowest BCUT2D eigenvalue weighted by molar-refractivity contribution is -0.116. The fraction of sp³-hybridized carbons (Fsp3) is 0.333. The Bertz CT molecular complexity index is 741. The normalized spacial score (nSPS) is 11.6. The summed E-state index contributed by atoms with van der Waals surface area (Å²) in [6.45, 7) is 2.21. The van der Waals surface area contributed by atoms with Gasteiger partial charge in [-0.25, -0.2) is 17.7 Å². The van der Waals surface area contributed by atoms with Gasteiger partial charge in [-0.3, -0.25) is 4.79 Å². The van der Waals surface area contributed by atoms with Crippen LogP contribution in [0.3, 0.4) is 0 Å². The maximum atomic E-state index is 12.2. The first-order valence-corrected chi connectivity index (χ1v) is 9.44. The maximum absolute atomic E-state index is 12.2. The quantitative estimate of drug-likeness (QED) is 0.829. The van der Waals surface area contributed by atoms with Crippen LogP contribution in [-0.2, 0) is 14.8 Å². The first-order chi connectivity index (χ1) is 10.9. The van der Waals surface area contributed by atoms with Crippen LogP contribution in [0, 0.1) is 6.92 Å². The van der Waals surface area contributed by atoms with Gasteiger partial charge < -0.3 is 5.32 Å². The molecule has 2 aromatic rings. The molecule has 2 heterocycles. The summed E-state index contributed by atoms with van der Waals surface area (Å²) in [6, 6.07) is 6.88. The second-order valence-corrected chi connectivity index (χ2v) is 8.35. The highest BCUT2D eigenvalue weighted by Gasteiger charge is 2.21. The van der Waals surface area contributed by atoms with Gasteiger partial charge in [-0.05, 0) is 36.4 Å². The van der Waals surface area contributed by atoms with Crippen molar-refractivity contribution in [2.24, 2.45) is 0 Å². The number of thiophene rings is 1. The van der Waals surface area contributed by atoms with E-state index < -0.39 is 10.0 Å². The third kappa shape index (κ3) is 4.85. The van der Waals surface area contributed by atoms with Crippen LogP contribution in [0.4, 0.5) is 5.82 Å². The van der Waals surface area contributed by atoms with Gasteiger partial charge in [-0.15, -0.1) is 11.3 Å². The molecule has 23 heavy (non-hydrogen) atoms. The highest BCUT2D eigenvalue weighted by molar-refractivity contribution is 7.91. The molecule has 8 heteroatoms. The molecular formula is C15H19N3O3S2. The molecule has 2 rings (SSSR count). The van der Waals surface area contributed by atoms with E-state index in [1.54, 1.807) is 29.8 Å². The lowest BCUT2D eigenvalue weighted by Crippen LogP contribution is -2.28. The Morgan fingerprint density at radius 3 is 2.74 bits per heavy atom. The Balaban J connectivity index is 1.80. The molecule has 0 aliphatic carbocycles. The van der Waals surface area contributed by atoms with Crippen LogP contribution in [-0.4, -0.2) is 37.2 Å². The summed E-state index contributed by atoms with van der Waals surface area (Å²) >= 11 is 1.18. The van der Waals surface area contributed by atoms with Gasteiger partial charge in [0.2, 0.25) is 5.91 Å². The first kappa shape index (κ1) is 17.6. The van der Waals surface area contributed by atoms with Gasteiger partial charge in [0.15, 0.2) is 0 Å². The molecule has 0 saturated carbocycles. The summed E-state index contributed by atoms with van der Waals surface area (Å²) in [7, 11) is -1.93. The predicted octanol–water partition coefficient (Wildman–Crippen LogP) is 2.49. The second-order valence-electron chi connectivity index (χ2n) is 5.13. The van der Waals surface area contributed by atoms with E-state index >= 15 is 0 Å². The molecule has 0 radical (unpaired) electrons. The van der Waals surface area contributed by atoms with E-state index in [1.165, 1.54) is 22.7 Å². The number of hydrogen-bond acceptors (Lipinski definition) is 5. The molecular weight excluding hydrogens is 334 g/mol. The first-order valence-electron chi connectivity index (χ1n) is 7.12. The van der Waals surface area contributed by atoms with E-state index in [0.29, 0.717) is 16.4 Å². The second kappa shape index (κ2) is 7.67. The fourth-order valence-electron chi connectivity index (χ4n) is 1.89. The Labute approximate surface area is 140 Å². The summed E-state index contributed by atoms with van der Waals surface area (Å²) in [5.41, 5.74) is 1.02. The molecule has 0 aromatic carbocycles. The van der Waals surface area contributed by atoms with Gasteiger partial charge in [0.25, 0.3) is 10.0 Å². The molecule has 0 fully saturated rings. The van der Waals surface area contributed by atoms with Crippen molar-refractivity contribution in [1.29, 1.82) is 0 Å². The SMILES string of the molecule is Cc1ccc(NC(=O)CCCN(C)S(=O)(=O)c2cccs2)nc1. The van der Waals surface area contributed by atoms with Crippen molar-refractivity contribution in [2.45, 2.75) is 24.0 Å². The number of rotatable bonds is 7. The number of aryl methyl sites for hydroxylation is 1. The van der Waals surface area contributed by atoms with E-state index in [1.807, 2.05) is 13.0 Å². The van der Waals surface area contributed by atoms with Crippen molar-refractivity contribution >= 4 is 33.1 Å². The number of nitrogens with one attached hydrogen (secondary N) is 1. The Hall–Kier alpha value is -1.77. The van der Waals surface area contributed by atoms with Crippen LogP contribution in [0.5, 0.6) is 0 Å². The largest absolute Gasteiger partial charge is 0.311 e. The van der Waals surface area contributed by atoms with E-state index in [-0.39, 0.29) is 18.9 Å². The number of sulfonamides is 1. The van der Waals surface area contributed by atoms with Crippen molar-refractivity contribution < 1.29 is 13.2 Å². The van der Waals surface area contributed by atoms with Crippen LogP contribution in [0.15, 0.2) is 40.1 Å². The zero-order valence-electron chi connectivity index (χ0n) is 13.0. The lowest BCUT2D eigenvalue weighted by atomic mass is 10.3. The van der Waals surface area contributed by atoms with Crippen molar-refractivity contribution in [1.82, 2.24) is 9.29 Å². The van der Waals surface area contributed by atoms with Gasteiger partial charge in [-0.1, -0.05) is 12.1 Å². The van der Waals surface area contributed by atoms with Crippen LogP contribution in [0.25, 0.3) is 0 Å². The summed E-state index contributed by atoms with van der Waals surface area (Å²) in [5, 5.41) is 4.42. The highest BCUT2D eigenvalue weighted by atomic mass is 32.2. The van der Waals surface area contributed by atoms with Crippen LogP contribution in [0.2, 0.25) is 0 Å². The molecule has 0 saturated heterocycles. The zero-order chi connectivity index (χ0) is 16.9. The number of pyridine rings is 1. The Morgan fingerprint density at radius 2 is 2.13 bits per heavy atom. The number of aromatic nitrogens is 1. The minimum absolute atomic E-state index is 0.178. The van der Waals surface area contributed by atoms with E-state index in [2.05, 4.69) is 10.3 Å². The molecule has 6 nitrogen and oxygen atoms in total. The molecule has 0 aliphatic rings. The lowest BCUT2D eigenvalue weighted by Gasteiger charge is -2.15. The topological polar surface area (TPSA) is 79.4 Å². The molecule has 1 N–H and O–H groups in total. The van der Waals surface area contributed by atoms with Crippen molar-refractivity contribution in [3.63, 3.8) is 0 Å². The number of carbonyl (C=O) groups is 1.